The number of aliphatic hydroxyl groups is 2. The van der Waals surface area contributed by atoms with Gasteiger partial charge in [-0.05, 0) is 29.0 Å². The first-order valence-corrected chi connectivity index (χ1v) is 8.64. The van der Waals surface area contributed by atoms with Gasteiger partial charge in [0.05, 0.1) is 24.9 Å². The van der Waals surface area contributed by atoms with E-state index in [-0.39, 0.29) is 24.0 Å². The van der Waals surface area contributed by atoms with Gasteiger partial charge in [-0.15, -0.1) is 0 Å². The lowest BCUT2D eigenvalue weighted by Gasteiger charge is -2.28. The summed E-state index contributed by atoms with van der Waals surface area (Å²) in [4.78, 5) is 0. The van der Waals surface area contributed by atoms with Crippen LogP contribution in [0, 0.1) is 0 Å². The minimum absolute atomic E-state index is 0.199. The molecule has 1 aromatic heterocycles. The van der Waals surface area contributed by atoms with E-state index < -0.39 is 6.10 Å². The average Bonchev–Trinajstić information content (AvgIpc) is 2.93. The van der Waals surface area contributed by atoms with Crippen molar-refractivity contribution in [3.63, 3.8) is 0 Å². The van der Waals surface area contributed by atoms with Gasteiger partial charge in [-0.3, -0.25) is 4.68 Å². The molecule has 138 valence electrons. The van der Waals surface area contributed by atoms with Crippen molar-refractivity contribution < 1.29 is 15.3 Å². The molecule has 3 N–H and O–H groups in total. The van der Waals surface area contributed by atoms with Gasteiger partial charge in [-0.2, -0.15) is 5.10 Å². The molecule has 0 fully saturated rings. The molecule has 2 aromatic rings. The molecular formula is C20H30N2O3. The van der Waals surface area contributed by atoms with Gasteiger partial charge in [-0.25, -0.2) is 0 Å². The molecule has 0 aliphatic heterocycles. The fourth-order valence-corrected chi connectivity index (χ4v) is 2.82. The second-order valence-electron chi connectivity index (χ2n) is 8.68. The number of aromatic hydroxyl groups is 1. The number of hydrogen-bond donors (Lipinski definition) is 3. The van der Waals surface area contributed by atoms with Gasteiger partial charge in [-0.1, -0.05) is 41.5 Å². The largest absolute Gasteiger partial charge is 0.507 e. The van der Waals surface area contributed by atoms with E-state index in [0.717, 1.165) is 22.4 Å². The Kier molecular flexibility index (Phi) is 5.30. The summed E-state index contributed by atoms with van der Waals surface area (Å²) in [5.41, 5.74) is 3.09. The van der Waals surface area contributed by atoms with E-state index in [4.69, 9.17) is 5.11 Å². The van der Waals surface area contributed by atoms with E-state index in [2.05, 4.69) is 46.6 Å². The molecular weight excluding hydrogens is 316 g/mol. The van der Waals surface area contributed by atoms with Crippen molar-refractivity contribution >= 4 is 0 Å². The maximum Gasteiger partial charge on any atom is 0.123 e. The van der Waals surface area contributed by atoms with E-state index in [0.29, 0.717) is 5.75 Å². The first kappa shape index (κ1) is 19.5. The number of hydrogen-bond acceptors (Lipinski definition) is 4. The van der Waals surface area contributed by atoms with Gasteiger partial charge in [0, 0.05) is 22.9 Å². The zero-order valence-corrected chi connectivity index (χ0v) is 16.0. The first-order valence-electron chi connectivity index (χ1n) is 8.64. The number of nitrogens with zero attached hydrogens (tertiary/aromatic N) is 2. The highest BCUT2D eigenvalue weighted by Crippen LogP contribution is 2.41. The molecule has 0 aliphatic carbocycles. The molecule has 0 bridgehead atoms. The van der Waals surface area contributed by atoms with Crippen LogP contribution in [-0.4, -0.2) is 37.8 Å². The topological polar surface area (TPSA) is 78.5 Å². The molecule has 5 nitrogen and oxygen atoms in total. The van der Waals surface area contributed by atoms with E-state index in [1.165, 1.54) is 0 Å². The number of aliphatic hydroxyl groups excluding tert-OH is 2. The minimum Gasteiger partial charge on any atom is -0.507 e. The van der Waals surface area contributed by atoms with Crippen LogP contribution in [0.2, 0.25) is 0 Å². The third kappa shape index (κ3) is 4.41. The Morgan fingerprint density at radius 3 is 2.00 bits per heavy atom. The van der Waals surface area contributed by atoms with Crippen LogP contribution in [0.15, 0.2) is 24.4 Å². The molecule has 25 heavy (non-hydrogen) atoms. The van der Waals surface area contributed by atoms with E-state index in [1.807, 2.05) is 18.2 Å². The van der Waals surface area contributed by atoms with Crippen molar-refractivity contribution in [2.45, 2.75) is 65.0 Å². The maximum atomic E-state index is 10.8. The van der Waals surface area contributed by atoms with Crippen molar-refractivity contribution in [3.8, 4) is 17.0 Å². The second kappa shape index (κ2) is 6.81. The number of aromatic nitrogens is 2. The summed E-state index contributed by atoms with van der Waals surface area (Å²) in [6.45, 7) is 12.4. The van der Waals surface area contributed by atoms with Crippen LogP contribution in [0.25, 0.3) is 11.3 Å². The smallest absolute Gasteiger partial charge is 0.123 e. The van der Waals surface area contributed by atoms with Crippen LogP contribution < -0.4 is 0 Å². The van der Waals surface area contributed by atoms with Crippen molar-refractivity contribution in [2.75, 3.05) is 6.61 Å². The molecule has 5 heteroatoms. The monoisotopic (exact) mass is 346 g/mol. The predicted octanol–water partition coefficient (Wildman–Crippen LogP) is 3.20. The van der Waals surface area contributed by atoms with Crippen molar-refractivity contribution in [3.05, 3.63) is 35.5 Å². The number of phenols is 1. The Labute approximate surface area is 149 Å². The average molecular weight is 346 g/mol. The Balaban J connectivity index is 2.55. The fourth-order valence-electron chi connectivity index (χ4n) is 2.82. The Hall–Kier alpha value is -1.85. The van der Waals surface area contributed by atoms with Crippen molar-refractivity contribution in [2.24, 2.45) is 0 Å². The van der Waals surface area contributed by atoms with Gasteiger partial charge < -0.3 is 15.3 Å². The molecule has 0 aliphatic rings. The van der Waals surface area contributed by atoms with E-state index in [1.54, 1.807) is 10.9 Å². The predicted molar refractivity (Wildman–Crippen MR) is 99.8 cm³/mol. The van der Waals surface area contributed by atoms with E-state index >= 15 is 0 Å². The van der Waals surface area contributed by atoms with E-state index in [9.17, 15) is 10.2 Å². The summed E-state index contributed by atoms with van der Waals surface area (Å²) in [6.07, 6.45) is 0.956. The van der Waals surface area contributed by atoms with Crippen LogP contribution in [-0.2, 0) is 17.4 Å². The zero-order chi connectivity index (χ0) is 19.0. The fraction of sp³-hybridized carbons (Fsp3) is 0.550. The molecule has 0 saturated carbocycles. The van der Waals surface area contributed by atoms with Gasteiger partial charge in [0.2, 0.25) is 0 Å². The lowest BCUT2D eigenvalue weighted by atomic mass is 9.78. The van der Waals surface area contributed by atoms with Crippen LogP contribution in [0.5, 0.6) is 5.75 Å². The molecule has 0 spiro atoms. The lowest BCUT2D eigenvalue weighted by Crippen LogP contribution is -2.20. The highest BCUT2D eigenvalue weighted by atomic mass is 16.3. The molecule has 2 rings (SSSR count). The van der Waals surface area contributed by atoms with Crippen LogP contribution in [0.1, 0.15) is 52.7 Å². The molecule has 0 radical (unpaired) electrons. The quantitative estimate of drug-likeness (QED) is 0.794. The SMILES string of the molecule is CC(C)(C)c1cc(-c2ccn(CC(O)CO)n2)cc(C(C)(C)C)c1O. The summed E-state index contributed by atoms with van der Waals surface area (Å²) >= 11 is 0. The molecule has 1 atom stereocenters. The number of benzene rings is 1. The number of phenolic OH excluding ortho intramolecular Hbond substituents is 1. The molecule has 0 amide bonds. The molecule has 1 unspecified atom stereocenters. The molecule has 0 saturated heterocycles. The highest BCUT2D eigenvalue weighted by molar-refractivity contribution is 5.66. The summed E-state index contributed by atoms with van der Waals surface area (Å²) in [6, 6.07) is 5.86. The van der Waals surface area contributed by atoms with Crippen molar-refractivity contribution in [1.29, 1.82) is 0 Å². The third-order valence-corrected chi connectivity index (χ3v) is 4.27. The van der Waals surface area contributed by atoms with Crippen LogP contribution in [0.3, 0.4) is 0 Å². The zero-order valence-electron chi connectivity index (χ0n) is 16.0. The summed E-state index contributed by atoms with van der Waals surface area (Å²) in [7, 11) is 0. The van der Waals surface area contributed by atoms with Gasteiger partial charge in [0.25, 0.3) is 0 Å². The minimum atomic E-state index is -0.831. The van der Waals surface area contributed by atoms with Crippen molar-refractivity contribution in [1.82, 2.24) is 9.78 Å². The summed E-state index contributed by atoms with van der Waals surface area (Å²) < 4.78 is 1.62. The van der Waals surface area contributed by atoms with Gasteiger partial charge >= 0.3 is 0 Å². The third-order valence-electron chi connectivity index (χ3n) is 4.27. The standard InChI is InChI=1S/C20H30N2O3/c1-19(2,3)15-9-13(10-16(18(15)25)20(4,5)6)17-7-8-22(21-17)11-14(24)12-23/h7-10,14,23-25H,11-12H2,1-6H3. The summed E-state index contributed by atoms with van der Waals surface area (Å²) in [5, 5.41) is 33.9. The van der Waals surface area contributed by atoms with Gasteiger partial charge in [0.1, 0.15) is 5.75 Å². The van der Waals surface area contributed by atoms with Crippen LogP contribution >= 0.6 is 0 Å². The Bertz CT molecular complexity index is 701. The van der Waals surface area contributed by atoms with Crippen LogP contribution in [0.4, 0.5) is 0 Å². The van der Waals surface area contributed by atoms with Gasteiger partial charge in [0.15, 0.2) is 0 Å². The molecule has 1 aromatic carbocycles. The molecule has 1 heterocycles. The number of rotatable bonds is 4. The Morgan fingerprint density at radius 1 is 1.04 bits per heavy atom. The Morgan fingerprint density at radius 2 is 1.56 bits per heavy atom. The lowest BCUT2D eigenvalue weighted by molar-refractivity contribution is 0.0783. The highest BCUT2D eigenvalue weighted by Gasteiger charge is 2.27. The maximum absolute atomic E-state index is 10.8. The first-order chi connectivity index (χ1) is 11.4. The second-order valence-corrected chi connectivity index (χ2v) is 8.68. The summed E-state index contributed by atoms with van der Waals surface area (Å²) in [5.74, 6) is 0.346. The normalized spacial score (nSPS) is 13.9.